The van der Waals surface area contributed by atoms with Crippen LogP contribution < -0.4 is 9.80 Å². The molecule has 0 aliphatic carbocycles. The second kappa shape index (κ2) is 6.24. The number of piperidine rings is 1. The molecule has 1 fully saturated rings. The van der Waals surface area contributed by atoms with E-state index in [1.165, 1.54) is 6.07 Å². The molecule has 1 atom stereocenters. The standard InChI is InChI=1S/C16H18FN5O/c1-21(2)16-19-15(23-20-16)11-5-4-8-22(10-11)14-7-3-6-13(17)12(14)9-18/h3,6-7,11H,4-5,8,10H2,1-2H3/t11-/m1/s1. The molecular formula is C16H18FN5O. The van der Waals surface area contributed by atoms with Gasteiger partial charge in [0.2, 0.25) is 5.89 Å². The highest BCUT2D eigenvalue weighted by Crippen LogP contribution is 2.32. The summed E-state index contributed by atoms with van der Waals surface area (Å²) < 4.78 is 19.2. The third-order valence-corrected chi connectivity index (χ3v) is 4.05. The normalized spacial score (nSPS) is 17.8. The Labute approximate surface area is 134 Å². The molecule has 23 heavy (non-hydrogen) atoms. The molecule has 0 saturated carbocycles. The van der Waals surface area contributed by atoms with E-state index in [4.69, 9.17) is 4.52 Å². The Morgan fingerprint density at radius 1 is 1.43 bits per heavy atom. The van der Waals surface area contributed by atoms with Crippen molar-refractivity contribution >= 4 is 11.6 Å². The lowest BCUT2D eigenvalue weighted by atomic mass is 9.96. The zero-order chi connectivity index (χ0) is 16.4. The Morgan fingerprint density at radius 3 is 2.96 bits per heavy atom. The molecule has 2 aromatic rings. The lowest BCUT2D eigenvalue weighted by Gasteiger charge is -2.33. The number of benzene rings is 1. The molecule has 1 aromatic heterocycles. The fraction of sp³-hybridized carbons (Fsp3) is 0.438. The van der Waals surface area contributed by atoms with Gasteiger partial charge in [-0.1, -0.05) is 6.07 Å². The van der Waals surface area contributed by atoms with Crippen LogP contribution in [0.1, 0.15) is 30.2 Å². The minimum absolute atomic E-state index is 0.0831. The number of nitriles is 1. The van der Waals surface area contributed by atoms with Crippen molar-refractivity contribution < 1.29 is 8.91 Å². The summed E-state index contributed by atoms with van der Waals surface area (Å²) in [6, 6.07) is 6.68. The van der Waals surface area contributed by atoms with Crippen LogP contribution in [0.2, 0.25) is 0 Å². The Hall–Kier alpha value is -2.62. The minimum atomic E-state index is -0.486. The fourth-order valence-electron chi connectivity index (χ4n) is 2.86. The van der Waals surface area contributed by atoms with Crippen molar-refractivity contribution in [3.8, 4) is 6.07 Å². The quantitative estimate of drug-likeness (QED) is 0.867. The highest BCUT2D eigenvalue weighted by molar-refractivity contribution is 5.60. The van der Waals surface area contributed by atoms with E-state index in [0.717, 1.165) is 19.4 Å². The zero-order valence-electron chi connectivity index (χ0n) is 13.2. The van der Waals surface area contributed by atoms with E-state index >= 15 is 0 Å². The summed E-state index contributed by atoms with van der Waals surface area (Å²) in [5.74, 6) is 0.730. The predicted molar refractivity (Wildman–Crippen MR) is 83.9 cm³/mol. The van der Waals surface area contributed by atoms with Crippen LogP contribution in [0.5, 0.6) is 0 Å². The molecule has 1 aromatic carbocycles. The minimum Gasteiger partial charge on any atom is -0.370 e. The van der Waals surface area contributed by atoms with Crippen LogP contribution >= 0.6 is 0 Å². The molecule has 7 heteroatoms. The summed E-state index contributed by atoms with van der Waals surface area (Å²) >= 11 is 0. The number of anilines is 2. The topological polar surface area (TPSA) is 69.2 Å². The first-order chi connectivity index (χ1) is 11.1. The van der Waals surface area contributed by atoms with Crippen molar-refractivity contribution in [2.24, 2.45) is 0 Å². The summed E-state index contributed by atoms with van der Waals surface area (Å²) in [6.45, 7) is 1.41. The largest absolute Gasteiger partial charge is 0.370 e. The summed E-state index contributed by atoms with van der Waals surface area (Å²) in [6.07, 6.45) is 1.86. The Bertz CT molecular complexity index is 736. The van der Waals surface area contributed by atoms with Crippen molar-refractivity contribution in [3.05, 3.63) is 35.5 Å². The predicted octanol–water partition coefficient (Wildman–Crippen LogP) is 2.53. The Morgan fingerprint density at radius 2 is 2.26 bits per heavy atom. The highest BCUT2D eigenvalue weighted by Gasteiger charge is 2.28. The number of halogens is 1. The smallest absolute Gasteiger partial charge is 0.265 e. The molecule has 0 radical (unpaired) electrons. The maximum absolute atomic E-state index is 13.8. The van der Waals surface area contributed by atoms with Gasteiger partial charge < -0.3 is 14.3 Å². The molecule has 0 bridgehead atoms. The molecule has 1 saturated heterocycles. The molecule has 3 rings (SSSR count). The average Bonchev–Trinajstić information content (AvgIpc) is 3.05. The monoisotopic (exact) mass is 315 g/mol. The number of rotatable bonds is 3. The van der Waals surface area contributed by atoms with Gasteiger partial charge in [-0.2, -0.15) is 10.2 Å². The van der Waals surface area contributed by atoms with E-state index < -0.39 is 5.82 Å². The summed E-state index contributed by atoms with van der Waals surface area (Å²) in [7, 11) is 3.71. The van der Waals surface area contributed by atoms with E-state index in [1.54, 1.807) is 17.0 Å². The van der Waals surface area contributed by atoms with Gasteiger partial charge in [-0.05, 0) is 30.1 Å². The van der Waals surface area contributed by atoms with Gasteiger partial charge in [0.05, 0.1) is 11.6 Å². The first-order valence-corrected chi connectivity index (χ1v) is 7.54. The second-order valence-electron chi connectivity index (χ2n) is 5.86. The maximum Gasteiger partial charge on any atom is 0.265 e. The van der Waals surface area contributed by atoms with Crippen LogP contribution in [0.25, 0.3) is 0 Å². The highest BCUT2D eigenvalue weighted by atomic mass is 19.1. The second-order valence-corrected chi connectivity index (χ2v) is 5.86. The van der Waals surface area contributed by atoms with Crippen molar-refractivity contribution in [3.63, 3.8) is 0 Å². The number of hydrogen-bond acceptors (Lipinski definition) is 6. The first kappa shape index (κ1) is 15.3. The molecule has 120 valence electrons. The molecule has 0 amide bonds. The maximum atomic E-state index is 13.8. The van der Waals surface area contributed by atoms with Gasteiger partial charge in [0.1, 0.15) is 17.4 Å². The van der Waals surface area contributed by atoms with E-state index in [2.05, 4.69) is 10.1 Å². The average molecular weight is 315 g/mol. The van der Waals surface area contributed by atoms with Crippen LogP contribution in [0, 0.1) is 17.1 Å². The van der Waals surface area contributed by atoms with Crippen molar-refractivity contribution in [2.45, 2.75) is 18.8 Å². The van der Waals surface area contributed by atoms with Gasteiger partial charge in [-0.3, -0.25) is 0 Å². The van der Waals surface area contributed by atoms with Gasteiger partial charge in [-0.15, -0.1) is 0 Å². The van der Waals surface area contributed by atoms with E-state index in [1.807, 2.05) is 25.1 Å². The van der Waals surface area contributed by atoms with Crippen LogP contribution in [-0.2, 0) is 0 Å². The fourth-order valence-corrected chi connectivity index (χ4v) is 2.86. The molecular weight excluding hydrogens is 297 g/mol. The number of aromatic nitrogens is 2. The van der Waals surface area contributed by atoms with Crippen LogP contribution in [0.3, 0.4) is 0 Å². The molecule has 0 N–H and O–H groups in total. The number of hydrogen-bond donors (Lipinski definition) is 0. The van der Waals surface area contributed by atoms with Crippen LogP contribution in [0.4, 0.5) is 16.0 Å². The number of nitrogens with zero attached hydrogens (tertiary/aromatic N) is 5. The third-order valence-electron chi connectivity index (χ3n) is 4.05. The first-order valence-electron chi connectivity index (χ1n) is 7.54. The van der Waals surface area contributed by atoms with Gasteiger partial charge >= 0.3 is 0 Å². The van der Waals surface area contributed by atoms with Gasteiger partial charge in [0, 0.05) is 27.2 Å². The van der Waals surface area contributed by atoms with E-state index in [-0.39, 0.29) is 11.5 Å². The molecule has 0 unspecified atom stereocenters. The Balaban J connectivity index is 1.84. The lowest BCUT2D eigenvalue weighted by molar-refractivity contribution is 0.333. The van der Waals surface area contributed by atoms with Gasteiger partial charge in [0.15, 0.2) is 0 Å². The molecule has 6 nitrogen and oxygen atoms in total. The molecule has 0 spiro atoms. The SMILES string of the molecule is CN(C)c1noc([C@@H]2CCCN(c3cccc(F)c3C#N)C2)n1. The summed E-state index contributed by atoms with van der Waals surface area (Å²) in [5, 5.41) is 13.2. The zero-order valence-corrected chi connectivity index (χ0v) is 13.2. The third kappa shape index (κ3) is 2.97. The van der Waals surface area contributed by atoms with Crippen molar-refractivity contribution in [2.75, 3.05) is 37.0 Å². The van der Waals surface area contributed by atoms with Crippen molar-refractivity contribution in [1.29, 1.82) is 5.26 Å². The molecule has 2 heterocycles. The summed E-state index contributed by atoms with van der Waals surface area (Å²) in [5.41, 5.74) is 0.720. The van der Waals surface area contributed by atoms with Crippen LogP contribution in [0.15, 0.2) is 22.7 Å². The van der Waals surface area contributed by atoms with Gasteiger partial charge in [0.25, 0.3) is 5.95 Å². The summed E-state index contributed by atoms with van der Waals surface area (Å²) in [4.78, 5) is 8.21. The Kier molecular flexibility index (Phi) is 4.15. The molecule has 1 aliphatic heterocycles. The van der Waals surface area contributed by atoms with Gasteiger partial charge in [-0.25, -0.2) is 4.39 Å². The van der Waals surface area contributed by atoms with Crippen LogP contribution in [-0.4, -0.2) is 37.3 Å². The van der Waals surface area contributed by atoms with E-state index in [9.17, 15) is 9.65 Å². The molecule has 1 aliphatic rings. The van der Waals surface area contributed by atoms with Crippen molar-refractivity contribution in [1.82, 2.24) is 10.1 Å². The van der Waals surface area contributed by atoms with E-state index in [0.29, 0.717) is 24.1 Å². The lowest BCUT2D eigenvalue weighted by Crippen LogP contribution is -2.35.